The summed E-state index contributed by atoms with van der Waals surface area (Å²) in [4.78, 5) is 11.1. The molecule has 0 amide bonds. The van der Waals surface area contributed by atoms with Crippen LogP contribution in [0.1, 0.15) is 39.2 Å². The number of allylic oxidation sites excluding steroid dienone is 3. The normalized spacial score (nSPS) is 11.3. The smallest absolute Gasteiger partial charge is 0.330 e. The molecule has 0 unspecified atom stereocenters. The molecule has 1 aromatic rings. The molecule has 0 aliphatic heterocycles. The average molecular weight is 344 g/mol. The minimum atomic E-state index is -0.395. The molecule has 0 radical (unpaired) electrons. The van der Waals surface area contributed by atoms with Gasteiger partial charge in [-0.1, -0.05) is 23.3 Å². The molecule has 0 saturated carbocycles. The zero-order chi connectivity index (χ0) is 18.7. The monoisotopic (exact) mass is 344 g/mol. The molecule has 0 fully saturated rings. The van der Waals surface area contributed by atoms with Crippen molar-refractivity contribution in [2.45, 2.75) is 33.6 Å². The van der Waals surface area contributed by atoms with Crippen LogP contribution in [0.2, 0.25) is 0 Å². The van der Waals surface area contributed by atoms with Gasteiger partial charge in [-0.3, -0.25) is 0 Å². The minimum Gasteiger partial charge on any atom is -0.493 e. The summed E-state index contributed by atoms with van der Waals surface area (Å²) in [6.45, 7) is 6.82. The Bertz CT molecular complexity index is 650. The van der Waals surface area contributed by atoms with E-state index in [0.717, 1.165) is 18.4 Å². The average Bonchev–Trinajstić information content (AvgIpc) is 2.59. The number of ether oxygens (including phenoxy) is 3. The van der Waals surface area contributed by atoms with Crippen molar-refractivity contribution in [1.29, 1.82) is 0 Å². The Morgan fingerprint density at radius 2 is 1.84 bits per heavy atom. The highest BCUT2D eigenvalue weighted by Crippen LogP contribution is 2.28. The van der Waals surface area contributed by atoms with Crippen molar-refractivity contribution in [3.8, 4) is 11.5 Å². The summed E-state index contributed by atoms with van der Waals surface area (Å²) in [5, 5.41) is 0. The number of hydrogen-bond donors (Lipinski definition) is 0. The maximum absolute atomic E-state index is 11.1. The number of carbonyl (C=O) groups excluding carboxylic acids is 1. The van der Waals surface area contributed by atoms with Crippen molar-refractivity contribution >= 4 is 12.0 Å². The Kier molecular flexibility index (Phi) is 9.15. The number of rotatable bonds is 9. The molecule has 0 atom stereocenters. The van der Waals surface area contributed by atoms with Gasteiger partial charge in [0.05, 0.1) is 14.2 Å². The third kappa shape index (κ3) is 8.25. The fourth-order valence-electron chi connectivity index (χ4n) is 2.10. The van der Waals surface area contributed by atoms with E-state index in [1.165, 1.54) is 24.3 Å². The molecule has 0 saturated heterocycles. The first-order chi connectivity index (χ1) is 12.0. The van der Waals surface area contributed by atoms with Gasteiger partial charge in [-0.05, 0) is 63.5 Å². The first-order valence-electron chi connectivity index (χ1n) is 8.32. The molecule has 0 aliphatic carbocycles. The first kappa shape index (κ1) is 20.6. The SMILES string of the molecule is COC(=O)/C=C/c1ccc(OC/C=C(\C)CCC=C(C)C)c(OC)c1. The van der Waals surface area contributed by atoms with E-state index in [1.54, 1.807) is 13.2 Å². The van der Waals surface area contributed by atoms with Gasteiger partial charge >= 0.3 is 5.97 Å². The fraction of sp³-hybridized carbons (Fsp3) is 0.381. The van der Waals surface area contributed by atoms with Gasteiger partial charge in [-0.25, -0.2) is 4.79 Å². The molecule has 0 aromatic heterocycles. The molecule has 0 spiro atoms. The standard InChI is InChI=1S/C21H28O4/c1-16(2)7-6-8-17(3)13-14-25-19-11-9-18(15-20(19)23-4)10-12-21(22)24-5/h7,9-13,15H,6,8,14H2,1-5H3/b12-10+,17-13+. The van der Waals surface area contributed by atoms with Crippen LogP contribution >= 0.6 is 0 Å². The number of carbonyl (C=O) groups is 1. The third-order valence-corrected chi connectivity index (χ3v) is 3.56. The van der Waals surface area contributed by atoms with Crippen LogP contribution in [-0.2, 0) is 9.53 Å². The highest BCUT2D eigenvalue weighted by atomic mass is 16.5. The molecule has 4 nitrogen and oxygen atoms in total. The van der Waals surface area contributed by atoms with Crippen LogP contribution < -0.4 is 9.47 Å². The summed E-state index contributed by atoms with van der Waals surface area (Å²) >= 11 is 0. The third-order valence-electron chi connectivity index (χ3n) is 3.56. The highest BCUT2D eigenvalue weighted by molar-refractivity contribution is 5.87. The van der Waals surface area contributed by atoms with Gasteiger partial charge < -0.3 is 14.2 Å². The van der Waals surface area contributed by atoms with Crippen LogP contribution in [0.4, 0.5) is 0 Å². The van der Waals surface area contributed by atoms with Crippen molar-refractivity contribution in [2.24, 2.45) is 0 Å². The Hall–Kier alpha value is -2.49. The molecule has 0 bridgehead atoms. The molecule has 1 rings (SSSR count). The van der Waals surface area contributed by atoms with E-state index in [1.807, 2.05) is 18.2 Å². The van der Waals surface area contributed by atoms with E-state index in [4.69, 9.17) is 9.47 Å². The highest BCUT2D eigenvalue weighted by Gasteiger charge is 2.04. The summed E-state index contributed by atoms with van der Waals surface area (Å²) in [6, 6.07) is 5.52. The zero-order valence-corrected chi connectivity index (χ0v) is 15.8. The maximum atomic E-state index is 11.1. The van der Waals surface area contributed by atoms with Crippen LogP contribution in [0.15, 0.2) is 47.6 Å². The largest absolute Gasteiger partial charge is 0.493 e. The summed E-state index contributed by atoms with van der Waals surface area (Å²) in [7, 11) is 2.94. The molecule has 0 aliphatic rings. The summed E-state index contributed by atoms with van der Waals surface area (Å²) in [5.41, 5.74) is 3.48. The lowest BCUT2D eigenvalue weighted by Crippen LogP contribution is -1.98. The lowest BCUT2D eigenvalue weighted by molar-refractivity contribution is -0.134. The molecular formula is C21H28O4. The van der Waals surface area contributed by atoms with Gasteiger partial charge in [-0.15, -0.1) is 0 Å². The summed E-state index contributed by atoms with van der Waals surface area (Å²) in [6.07, 6.45) is 9.45. The lowest BCUT2D eigenvalue weighted by atomic mass is 10.1. The van der Waals surface area contributed by atoms with E-state index < -0.39 is 5.97 Å². The van der Waals surface area contributed by atoms with E-state index in [-0.39, 0.29) is 0 Å². The molecule has 4 heteroatoms. The van der Waals surface area contributed by atoms with Crippen LogP contribution in [0, 0.1) is 0 Å². The predicted molar refractivity (Wildman–Crippen MR) is 102 cm³/mol. The first-order valence-corrected chi connectivity index (χ1v) is 8.32. The molecule has 0 N–H and O–H groups in total. The van der Waals surface area contributed by atoms with Gasteiger partial charge in [0, 0.05) is 6.08 Å². The van der Waals surface area contributed by atoms with E-state index in [0.29, 0.717) is 18.1 Å². The van der Waals surface area contributed by atoms with Gasteiger partial charge in [0.25, 0.3) is 0 Å². The lowest BCUT2D eigenvalue weighted by Gasteiger charge is -2.10. The van der Waals surface area contributed by atoms with Crippen LogP contribution in [0.3, 0.4) is 0 Å². The second-order valence-electron chi connectivity index (χ2n) is 5.95. The molecule has 0 heterocycles. The maximum Gasteiger partial charge on any atom is 0.330 e. The predicted octanol–water partition coefficient (Wildman–Crippen LogP) is 4.95. The van der Waals surface area contributed by atoms with E-state index >= 15 is 0 Å². The van der Waals surface area contributed by atoms with Crippen LogP contribution in [0.25, 0.3) is 6.08 Å². The molecular weight excluding hydrogens is 316 g/mol. The van der Waals surface area contributed by atoms with Crippen molar-refractivity contribution in [2.75, 3.05) is 20.8 Å². The van der Waals surface area contributed by atoms with Gasteiger partial charge in [0.2, 0.25) is 0 Å². The Labute approximate surface area is 150 Å². The van der Waals surface area contributed by atoms with Crippen molar-refractivity contribution in [1.82, 2.24) is 0 Å². The Balaban J connectivity index is 2.65. The number of hydrogen-bond acceptors (Lipinski definition) is 4. The van der Waals surface area contributed by atoms with Crippen molar-refractivity contribution in [3.05, 3.63) is 53.1 Å². The summed E-state index contributed by atoms with van der Waals surface area (Å²) < 4.78 is 15.7. The minimum absolute atomic E-state index is 0.395. The number of benzene rings is 1. The second kappa shape index (κ2) is 11.1. The van der Waals surface area contributed by atoms with Gasteiger partial charge in [-0.2, -0.15) is 0 Å². The summed E-state index contributed by atoms with van der Waals surface area (Å²) in [5.74, 6) is 0.904. The Morgan fingerprint density at radius 3 is 2.48 bits per heavy atom. The number of methoxy groups -OCH3 is 2. The fourth-order valence-corrected chi connectivity index (χ4v) is 2.10. The molecule has 1 aromatic carbocycles. The van der Waals surface area contributed by atoms with Crippen molar-refractivity contribution < 1.29 is 19.0 Å². The second-order valence-corrected chi connectivity index (χ2v) is 5.95. The van der Waals surface area contributed by atoms with Gasteiger partial charge in [0.1, 0.15) is 6.61 Å². The number of esters is 1. The van der Waals surface area contributed by atoms with Crippen molar-refractivity contribution in [3.63, 3.8) is 0 Å². The quantitative estimate of drug-likeness (QED) is 0.361. The van der Waals surface area contributed by atoms with Crippen LogP contribution in [0.5, 0.6) is 11.5 Å². The molecule has 25 heavy (non-hydrogen) atoms. The van der Waals surface area contributed by atoms with E-state index in [2.05, 4.69) is 37.7 Å². The topological polar surface area (TPSA) is 44.8 Å². The van der Waals surface area contributed by atoms with Gasteiger partial charge in [0.15, 0.2) is 11.5 Å². The zero-order valence-electron chi connectivity index (χ0n) is 15.8. The van der Waals surface area contributed by atoms with E-state index in [9.17, 15) is 4.79 Å². The Morgan fingerprint density at radius 1 is 1.08 bits per heavy atom. The molecule has 136 valence electrons. The van der Waals surface area contributed by atoms with Crippen LogP contribution in [-0.4, -0.2) is 26.8 Å².